The standard InChI is InChI=1S/C21H14N6O13S2/c28-16-14-7(4-11(41(35,36)37)6-12(14)22-19-23-20(33)25-21(34)24-19)5-13(42(38,39)40)15(16)27-26-10-2-8(17(29)30)1-9(3-10)18(31)32/h1-6,28H,(H,29,30)(H,31,32)(H,35,36,37)(H,38,39,40)(H3,22,23,24,25,33,34). The molecule has 21 heteroatoms. The molecule has 0 unspecified atom stereocenters. The number of fused-ring (bicyclic) bond motifs is 1. The molecule has 8 N–H and O–H groups in total. The molecule has 1 heterocycles. The van der Waals surface area contributed by atoms with E-state index in [1.807, 2.05) is 0 Å². The number of phenols is 1. The summed E-state index contributed by atoms with van der Waals surface area (Å²) in [6.07, 6.45) is 0. The first-order chi connectivity index (χ1) is 19.4. The van der Waals surface area contributed by atoms with Gasteiger partial charge in [0.05, 0.1) is 27.4 Å². The highest BCUT2D eigenvalue weighted by Crippen LogP contribution is 2.45. The Hall–Kier alpha value is -5.51. The molecular formula is C21H14N6O13S2. The van der Waals surface area contributed by atoms with Gasteiger partial charge in [-0.3, -0.25) is 19.1 Å². The van der Waals surface area contributed by atoms with Crippen molar-refractivity contribution in [1.82, 2.24) is 15.0 Å². The maximum Gasteiger partial charge on any atom is 0.352 e. The third-order valence-corrected chi connectivity index (χ3v) is 6.99. The molecule has 1 aromatic heterocycles. The quantitative estimate of drug-likeness (QED) is 0.102. The van der Waals surface area contributed by atoms with Crippen LogP contribution in [0.4, 0.5) is 23.0 Å². The van der Waals surface area contributed by atoms with E-state index < -0.39 is 104 Å². The number of benzene rings is 3. The number of carboxylic acids is 2. The first-order valence-electron chi connectivity index (χ1n) is 10.7. The van der Waals surface area contributed by atoms with Crippen molar-refractivity contribution in [2.45, 2.75) is 9.79 Å². The summed E-state index contributed by atoms with van der Waals surface area (Å²) in [5.74, 6) is -4.78. The lowest BCUT2D eigenvalue weighted by Gasteiger charge is -2.14. The van der Waals surface area contributed by atoms with Gasteiger partial charge in [-0.2, -0.15) is 26.9 Å². The van der Waals surface area contributed by atoms with E-state index in [0.29, 0.717) is 18.2 Å². The van der Waals surface area contributed by atoms with Gasteiger partial charge in [0.15, 0.2) is 5.75 Å². The molecule has 0 saturated heterocycles. The smallest absolute Gasteiger partial charge is 0.352 e. The number of aromatic nitrogens is 3. The van der Waals surface area contributed by atoms with Crippen molar-refractivity contribution < 1.29 is 50.8 Å². The minimum Gasteiger partial charge on any atom is -0.505 e. The Morgan fingerprint density at radius 3 is 1.98 bits per heavy atom. The second-order valence-corrected chi connectivity index (χ2v) is 11.0. The van der Waals surface area contributed by atoms with Crippen molar-refractivity contribution in [3.05, 3.63) is 68.5 Å². The number of rotatable bonds is 8. The summed E-state index contributed by atoms with van der Waals surface area (Å²) < 4.78 is 67.6. The first kappa shape index (κ1) is 29.5. The number of nitrogens with one attached hydrogen (secondary N) is 3. The normalized spacial score (nSPS) is 12.0. The van der Waals surface area contributed by atoms with E-state index in [-0.39, 0.29) is 0 Å². The Balaban J connectivity index is 2.05. The van der Waals surface area contributed by atoms with Crippen LogP contribution in [-0.4, -0.2) is 68.2 Å². The van der Waals surface area contributed by atoms with Crippen molar-refractivity contribution in [3.8, 4) is 5.75 Å². The average Bonchev–Trinajstić information content (AvgIpc) is 2.85. The van der Waals surface area contributed by atoms with Gasteiger partial charge in [0.2, 0.25) is 5.95 Å². The Labute approximate surface area is 231 Å². The van der Waals surface area contributed by atoms with E-state index in [4.69, 9.17) is 0 Å². The van der Waals surface area contributed by atoms with Crippen LogP contribution in [0.15, 0.2) is 66.0 Å². The van der Waals surface area contributed by atoms with Crippen LogP contribution in [0.5, 0.6) is 5.75 Å². The number of azo groups is 1. The molecule has 0 radical (unpaired) electrons. The fourth-order valence-electron chi connectivity index (χ4n) is 3.60. The fourth-order valence-corrected chi connectivity index (χ4v) is 4.80. The molecule has 19 nitrogen and oxygen atoms in total. The zero-order valence-electron chi connectivity index (χ0n) is 20.1. The number of phenolic OH excluding ortho intramolecular Hbond substituents is 1. The molecule has 0 spiro atoms. The average molecular weight is 623 g/mol. The zero-order chi connectivity index (χ0) is 31.1. The zero-order valence-corrected chi connectivity index (χ0v) is 21.8. The topological polar surface area (TPSA) is 319 Å². The molecular weight excluding hydrogens is 608 g/mol. The molecule has 218 valence electrons. The van der Waals surface area contributed by atoms with E-state index in [1.165, 1.54) is 0 Å². The monoisotopic (exact) mass is 622 g/mol. The van der Waals surface area contributed by atoms with Crippen LogP contribution in [0, 0.1) is 0 Å². The highest BCUT2D eigenvalue weighted by molar-refractivity contribution is 7.86. The van der Waals surface area contributed by atoms with E-state index in [1.54, 1.807) is 4.98 Å². The number of anilines is 2. The second kappa shape index (κ2) is 10.5. The van der Waals surface area contributed by atoms with Crippen molar-refractivity contribution in [2.75, 3.05) is 5.32 Å². The van der Waals surface area contributed by atoms with Gasteiger partial charge in [0.1, 0.15) is 10.6 Å². The van der Waals surface area contributed by atoms with Gasteiger partial charge in [-0.05, 0) is 41.8 Å². The van der Waals surface area contributed by atoms with E-state index >= 15 is 0 Å². The molecule has 0 fully saturated rings. The highest BCUT2D eigenvalue weighted by atomic mass is 32.2. The maximum atomic E-state index is 12.2. The van der Waals surface area contributed by atoms with Gasteiger partial charge < -0.3 is 20.6 Å². The molecule has 0 aliphatic carbocycles. The van der Waals surface area contributed by atoms with Crippen LogP contribution >= 0.6 is 0 Å². The number of aromatic carboxylic acids is 2. The number of H-pyrrole nitrogens is 2. The van der Waals surface area contributed by atoms with Gasteiger partial charge in [0, 0.05) is 5.39 Å². The third-order valence-electron chi connectivity index (χ3n) is 5.30. The fraction of sp³-hybridized carbons (Fsp3) is 0. The van der Waals surface area contributed by atoms with Crippen LogP contribution in [0.1, 0.15) is 20.7 Å². The second-order valence-electron chi connectivity index (χ2n) is 8.14. The third kappa shape index (κ3) is 6.12. The minimum absolute atomic E-state index is 0.432. The number of carbonyl (C=O) groups is 2. The summed E-state index contributed by atoms with van der Waals surface area (Å²) in [5, 5.41) is 38.2. The lowest BCUT2D eigenvalue weighted by Crippen LogP contribution is -2.25. The predicted octanol–water partition coefficient (Wildman–Crippen LogP) is 1.37. The van der Waals surface area contributed by atoms with Gasteiger partial charge in [-0.15, -0.1) is 5.11 Å². The molecule has 0 saturated carbocycles. The molecule has 42 heavy (non-hydrogen) atoms. The van der Waals surface area contributed by atoms with Crippen LogP contribution < -0.4 is 16.7 Å². The number of aromatic amines is 2. The molecule has 3 aromatic carbocycles. The number of hydrogen-bond donors (Lipinski definition) is 8. The molecule has 4 rings (SSSR count). The Bertz CT molecular complexity index is 2130. The SMILES string of the molecule is O=C(O)c1cc(N=Nc2c(S(=O)(=O)O)cc3cc(S(=O)(=O)O)cc(Nc4nc(=O)[nH]c(=O)[nH]4)c3c2O)cc(C(=O)O)c1. The summed E-state index contributed by atoms with van der Waals surface area (Å²) in [6.45, 7) is 0. The summed E-state index contributed by atoms with van der Waals surface area (Å²) in [6, 6.07) is 4.58. The van der Waals surface area contributed by atoms with Gasteiger partial charge in [-0.1, -0.05) is 0 Å². The Morgan fingerprint density at radius 2 is 1.45 bits per heavy atom. The van der Waals surface area contributed by atoms with E-state index in [0.717, 1.165) is 18.2 Å². The number of nitrogens with zero attached hydrogens (tertiary/aromatic N) is 3. The largest absolute Gasteiger partial charge is 0.505 e. The highest BCUT2D eigenvalue weighted by Gasteiger charge is 2.26. The lowest BCUT2D eigenvalue weighted by molar-refractivity contribution is 0.0696. The molecule has 0 atom stereocenters. The summed E-state index contributed by atoms with van der Waals surface area (Å²) in [7, 11) is -10.3. The van der Waals surface area contributed by atoms with Crippen LogP contribution in [0.25, 0.3) is 10.8 Å². The van der Waals surface area contributed by atoms with E-state index in [2.05, 4.69) is 25.5 Å². The van der Waals surface area contributed by atoms with Crippen molar-refractivity contribution in [3.63, 3.8) is 0 Å². The summed E-state index contributed by atoms with van der Waals surface area (Å²) in [5.41, 5.74) is -5.19. The Morgan fingerprint density at radius 1 is 0.833 bits per heavy atom. The van der Waals surface area contributed by atoms with Crippen LogP contribution in [0.3, 0.4) is 0 Å². The van der Waals surface area contributed by atoms with Gasteiger partial charge in [0.25, 0.3) is 20.2 Å². The predicted molar refractivity (Wildman–Crippen MR) is 139 cm³/mol. The first-order valence-corrected chi connectivity index (χ1v) is 13.6. The van der Waals surface area contributed by atoms with E-state index in [9.17, 15) is 60.4 Å². The van der Waals surface area contributed by atoms with Crippen molar-refractivity contribution in [1.29, 1.82) is 0 Å². The Kier molecular flexibility index (Phi) is 7.35. The molecule has 0 aliphatic rings. The van der Waals surface area contributed by atoms with Crippen molar-refractivity contribution >= 4 is 66.0 Å². The lowest BCUT2D eigenvalue weighted by atomic mass is 10.1. The summed E-state index contributed by atoms with van der Waals surface area (Å²) in [4.78, 5) is 51.3. The molecule has 0 aliphatic heterocycles. The number of carboxylic acid groups (broad SMARTS) is 2. The molecule has 4 aromatic rings. The molecule has 0 bridgehead atoms. The molecule has 0 amide bonds. The van der Waals surface area contributed by atoms with Crippen LogP contribution in [-0.2, 0) is 20.2 Å². The number of hydrogen-bond acceptors (Lipinski definition) is 13. The van der Waals surface area contributed by atoms with Gasteiger partial charge in [-0.25, -0.2) is 19.2 Å². The van der Waals surface area contributed by atoms with Crippen LogP contribution in [0.2, 0.25) is 0 Å². The number of aromatic hydroxyl groups is 1. The summed E-state index contributed by atoms with van der Waals surface area (Å²) >= 11 is 0. The minimum atomic E-state index is -5.27. The van der Waals surface area contributed by atoms with Gasteiger partial charge >= 0.3 is 23.3 Å². The van der Waals surface area contributed by atoms with Crippen molar-refractivity contribution in [2.24, 2.45) is 10.2 Å². The maximum absolute atomic E-state index is 12.2.